The molecule has 292 valence electrons. The number of aryl methyl sites for hydroxylation is 2. The molecule has 2 aromatic carbocycles. The fourth-order valence-corrected chi connectivity index (χ4v) is 8.10. The minimum absolute atomic E-state index is 0.0120. The summed E-state index contributed by atoms with van der Waals surface area (Å²) in [6.45, 7) is 14.6. The predicted octanol–water partition coefficient (Wildman–Crippen LogP) is 7.85. The van der Waals surface area contributed by atoms with E-state index in [4.69, 9.17) is 4.74 Å². The van der Waals surface area contributed by atoms with Crippen molar-refractivity contribution in [1.82, 2.24) is 35.1 Å². The van der Waals surface area contributed by atoms with Crippen molar-refractivity contribution >= 4 is 60.8 Å². The summed E-state index contributed by atoms with van der Waals surface area (Å²) in [6.07, 6.45) is 1.61. The van der Waals surface area contributed by atoms with Crippen molar-refractivity contribution < 1.29 is 19.0 Å². The third-order valence-corrected chi connectivity index (χ3v) is 11.0. The highest BCUT2D eigenvalue weighted by Gasteiger charge is 2.25. The van der Waals surface area contributed by atoms with Gasteiger partial charge in [-0.05, 0) is 89.2 Å². The van der Waals surface area contributed by atoms with Gasteiger partial charge in [0.2, 0.25) is 0 Å². The number of carboxylic acids is 1. The van der Waals surface area contributed by atoms with Gasteiger partial charge >= 0.3 is 5.97 Å². The number of para-hydroxylation sites is 1. The third-order valence-electron chi connectivity index (χ3n) is 8.95. The number of carboxylic acid groups (broad SMARTS) is 1. The molecular formula is C40H50FN9O3S2. The molecule has 5 aromatic rings. The number of nitrogens with zero attached hydrogens (tertiary/aromatic N) is 8. The lowest BCUT2D eigenvalue weighted by molar-refractivity contribution is -0.0454. The van der Waals surface area contributed by atoms with Crippen molar-refractivity contribution in [2.45, 2.75) is 59.9 Å². The normalized spacial score (nSPS) is 12.0. The Bertz CT molecular complexity index is 2080. The summed E-state index contributed by atoms with van der Waals surface area (Å²) in [5.74, 6) is 5.63. The molecular weight excluding hydrogens is 738 g/mol. The highest BCUT2D eigenvalue weighted by molar-refractivity contribution is 7.22. The first-order chi connectivity index (χ1) is 26.5. The number of aromatic carboxylic acids is 1. The topological polar surface area (TPSA) is 123 Å². The summed E-state index contributed by atoms with van der Waals surface area (Å²) in [7, 11) is 3.84. The molecule has 55 heavy (non-hydrogen) atoms. The standard InChI is InChI=1S/C40H50FN9O3S2/c1-8-48(9-2)50(10-3)28(5)21-23-49(35-25-27(4)37(46-45-35)44-39-42-31-16-11-12-17-33(31)54-39)40-43-36(38(51)52)34(55-40)18-14-24-53-32-20-19-29(26-30(32)41)15-13-22-47(6)7/h11-12,16-17,19-20,25-26,28H,8-10,14,18,21-24H2,1-7H3,(H,51,52)(H,42,44,46). The van der Waals surface area contributed by atoms with Gasteiger partial charge in [-0.2, -0.15) is 0 Å². The Morgan fingerprint density at radius 2 is 1.82 bits per heavy atom. The van der Waals surface area contributed by atoms with Crippen LogP contribution in [0, 0.1) is 24.6 Å². The summed E-state index contributed by atoms with van der Waals surface area (Å²) in [5, 5.41) is 28.6. The lowest BCUT2D eigenvalue weighted by atomic mass is 10.2. The number of benzene rings is 2. The number of nitrogens with one attached hydrogen (secondary N) is 1. The van der Waals surface area contributed by atoms with Crippen LogP contribution >= 0.6 is 22.7 Å². The predicted molar refractivity (Wildman–Crippen MR) is 221 cm³/mol. The molecule has 0 fully saturated rings. The van der Waals surface area contributed by atoms with Crippen molar-refractivity contribution in [2.24, 2.45) is 0 Å². The van der Waals surface area contributed by atoms with Gasteiger partial charge in [-0.1, -0.05) is 56.1 Å². The number of fused-ring (bicyclic) bond motifs is 1. The van der Waals surface area contributed by atoms with Gasteiger partial charge in [0.1, 0.15) is 0 Å². The number of ether oxygens (including phenoxy) is 1. The van der Waals surface area contributed by atoms with Crippen molar-refractivity contribution in [3.05, 3.63) is 76.0 Å². The summed E-state index contributed by atoms with van der Waals surface area (Å²) in [5.41, 5.74) is 2.32. The van der Waals surface area contributed by atoms with Gasteiger partial charge in [-0.25, -0.2) is 29.2 Å². The molecule has 1 atom stereocenters. The molecule has 3 heterocycles. The second kappa shape index (κ2) is 19.7. The van der Waals surface area contributed by atoms with E-state index in [1.54, 1.807) is 23.5 Å². The number of halogens is 1. The Labute approximate surface area is 331 Å². The maximum atomic E-state index is 14.8. The van der Waals surface area contributed by atoms with Gasteiger partial charge in [0.05, 0.1) is 23.4 Å². The summed E-state index contributed by atoms with van der Waals surface area (Å²) in [6, 6.07) is 14.7. The molecule has 0 spiro atoms. The van der Waals surface area contributed by atoms with Crippen LogP contribution in [-0.4, -0.2) is 106 Å². The Hall–Kier alpha value is -4.72. The van der Waals surface area contributed by atoms with Crippen LogP contribution in [0.3, 0.4) is 0 Å². The summed E-state index contributed by atoms with van der Waals surface area (Å²) < 4.78 is 21.6. The van der Waals surface area contributed by atoms with E-state index in [9.17, 15) is 14.3 Å². The van der Waals surface area contributed by atoms with Gasteiger partial charge in [-0.3, -0.25) is 4.90 Å². The van der Waals surface area contributed by atoms with Crippen LogP contribution < -0.4 is 15.0 Å². The van der Waals surface area contributed by atoms with Crippen LogP contribution in [0.1, 0.15) is 67.0 Å². The molecule has 5 rings (SSSR count). The largest absolute Gasteiger partial charge is 0.491 e. The van der Waals surface area contributed by atoms with Crippen LogP contribution in [0.15, 0.2) is 48.5 Å². The van der Waals surface area contributed by atoms with Gasteiger partial charge in [0.25, 0.3) is 0 Å². The van der Waals surface area contributed by atoms with E-state index in [1.807, 2.05) is 61.2 Å². The molecule has 1 unspecified atom stereocenters. The van der Waals surface area contributed by atoms with Crippen molar-refractivity contribution in [1.29, 1.82) is 0 Å². The maximum absolute atomic E-state index is 14.8. The van der Waals surface area contributed by atoms with Crippen molar-refractivity contribution in [2.75, 3.05) is 63.6 Å². The van der Waals surface area contributed by atoms with E-state index in [-0.39, 0.29) is 24.1 Å². The molecule has 0 aliphatic heterocycles. The molecule has 0 saturated heterocycles. The number of anilines is 4. The molecule has 0 amide bonds. The minimum Gasteiger partial charge on any atom is -0.491 e. The first-order valence-electron chi connectivity index (χ1n) is 18.6. The first kappa shape index (κ1) is 41.4. The van der Waals surface area contributed by atoms with Gasteiger partial charge in [-0.15, -0.1) is 21.5 Å². The highest BCUT2D eigenvalue weighted by Crippen LogP contribution is 2.34. The van der Waals surface area contributed by atoms with Gasteiger partial charge in [0, 0.05) is 42.7 Å². The first-order valence-corrected chi connectivity index (χ1v) is 20.2. The van der Waals surface area contributed by atoms with Crippen LogP contribution in [0.25, 0.3) is 10.2 Å². The molecule has 15 heteroatoms. The van der Waals surface area contributed by atoms with Gasteiger partial charge in [0.15, 0.2) is 39.2 Å². The fraction of sp³-hybridized carbons (Fsp3) is 0.425. The van der Waals surface area contributed by atoms with Crippen LogP contribution in [0.5, 0.6) is 5.75 Å². The van der Waals surface area contributed by atoms with Crippen molar-refractivity contribution in [3.8, 4) is 17.6 Å². The third kappa shape index (κ3) is 11.0. The maximum Gasteiger partial charge on any atom is 0.355 e. The number of hydrogen-bond donors (Lipinski definition) is 2. The Morgan fingerprint density at radius 1 is 1.04 bits per heavy atom. The lowest BCUT2D eigenvalue weighted by Crippen LogP contribution is -2.48. The van der Waals surface area contributed by atoms with E-state index in [1.165, 1.54) is 17.4 Å². The average Bonchev–Trinajstić information content (AvgIpc) is 3.78. The van der Waals surface area contributed by atoms with Crippen LogP contribution in [0.2, 0.25) is 0 Å². The molecule has 2 N–H and O–H groups in total. The zero-order valence-electron chi connectivity index (χ0n) is 32.6. The molecule has 0 radical (unpaired) electrons. The van der Waals surface area contributed by atoms with E-state index >= 15 is 0 Å². The molecule has 0 aliphatic rings. The van der Waals surface area contributed by atoms with E-state index in [0.29, 0.717) is 53.1 Å². The zero-order valence-corrected chi connectivity index (χ0v) is 34.2. The molecule has 0 saturated carbocycles. The summed E-state index contributed by atoms with van der Waals surface area (Å²) >= 11 is 2.86. The second-order valence-electron chi connectivity index (χ2n) is 13.2. The Balaban J connectivity index is 1.35. The van der Waals surface area contributed by atoms with Crippen molar-refractivity contribution in [3.63, 3.8) is 0 Å². The summed E-state index contributed by atoms with van der Waals surface area (Å²) in [4.78, 5) is 26.3. The average molecular weight is 788 g/mol. The van der Waals surface area contributed by atoms with E-state index in [0.717, 1.165) is 47.0 Å². The lowest BCUT2D eigenvalue weighted by Gasteiger charge is -2.38. The Kier molecular flexibility index (Phi) is 14.9. The van der Waals surface area contributed by atoms with Gasteiger partial charge < -0.3 is 20.1 Å². The fourth-order valence-electron chi connectivity index (χ4n) is 6.11. The Morgan fingerprint density at radius 3 is 2.49 bits per heavy atom. The molecule has 0 bridgehead atoms. The SMILES string of the molecule is CCN(CC)N(CC)C(C)CCN(c1cc(C)c(Nc2nc3ccccc3s2)nn1)c1nc(C(=O)O)c(CCCOc2ccc(C#CCN(C)C)cc2F)s1. The number of hydrogen-bond acceptors (Lipinski definition) is 13. The molecule has 3 aromatic heterocycles. The zero-order chi connectivity index (χ0) is 39.5. The monoisotopic (exact) mass is 787 g/mol. The molecule has 12 nitrogen and oxygen atoms in total. The molecule has 0 aliphatic carbocycles. The quantitative estimate of drug-likeness (QED) is 0.0482. The van der Waals surface area contributed by atoms with E-state index in [2.05, 4.69) is 75.0 Å². The highest BCUT2D eigenvalue weighted by atomic mass is 32.1. The number of aromatic nitrogens is 4. The van der Waals surface area contributed by atoms with E-state index < -0.39 is 11.8 Å². The van der Waals surface area contributed by atoms with Crippen LogP contribution in [-0.2, 0) is 6.42 Å². The smallest absolute Gasteiger partial charge is 0.355 e. The number of rotatable bonds is 19. The number of hydrazine groups is 1. The number of thiazole rings is 2. The minimum atomic E-state index is -1.11. The van der Waals surface area contributed by atoms with Crippen LogP contribution in [0.4, 0.5) is 26.3 Å². The second-order valence-corrected chi connectivity index (χ2v) is 15.3. The number of carbonyl (C=O) groups is 1.